The van der Waals surface area contributed by atoms with Crippen molar-refractivity contribution in [1.29, 1.82) is 0 Å². The smallest absolute Gasteiger partial charge is 0.237 e. The summed E-state index contributed by atoms with van der Waals surface area (Å²) in [5.74, 6) is 0.490. The zero-order valence-electron chi connectivity index (χ0n) is 6.97. The quantitative estimate of drug-likeness (QED) is 0.426. The van der Waals surface area contributed by atoms with Gasteiger partial charge in [0.25, 0.3) is 0 Å². The fourth-order valence-electron chi connectivity index (χ4n) is 0.842. The van der Waals surface area contributed by atoms with Crippen molar-refractivity contribution in [2.24, 2.45) is 0 Å². The SMILES string of the molecule is Nc1ccccc1OCC[N+](=O)[O-]. The standard InChI is InChI=1S/C8H10N2O3/c9-7-3-1-2-4-8(7)13-6-5-10(11)12/h1-4H,5-6,9H2. The summed E-state index contributed by atoms with van der Waals surface area (Å²) in [7, 11) is 0. The highest BCUT2D eigenvalue weighted by Crippen LogP contribution is 2.19. The van der Waals surface area contributed by atoms with E-state index in [1.165, 1.54) is 0 Å². The lowest BCUT2D eigenvalue weighted by Gasteiger charge is -2.05. The van der Waals surface area contributed by atoms with Gasteiger partial charge in [0.15, 0.2) is 6.61 Å². The molecule has 0 amide bonds. The number of rotatable bonds is 4. The lowest BCUT2D eigenvalue weighted by atomic mass is 10.3. The van der Waals surface area contributed by atoms with Gasteiger partial charge in [-0.3, -0.25) is 10.1 Å². The molecule has 0 fully saturated rings. The molecule has 70 valence electrons. The van der Waals surface area contributed by atoms with Crippen LogP contribution < -0.4 is 10.5 Å². The second kappa shape index (κ2) is 4.30. The highest BCUT2D eigenvalue weighted by atomic mass is 16.6. The first kappa shape index (κ1) is 9.31. The molecule has 13 heavy (non-hydrogen) atoms. The van der Waals surface area contributed by atoms with Crippen molar-refractivity contribution < 1.29 is 9.66 Å². The third-order valence-electron chi connectivity index (χ3n) is 1.45. The summed E-state index contributed by atoms with van der Waals surface area (Å²) in [5.41, 5.74) is 6.03. The van der Waals surface area contributed by atoms with Crippen molar-refractivity contribution >= 4 is 5.69 Å². The molecule has 1 aromatic rings. The van der Waals surface area contributed by atoms with Crippen molar-refractivity contribution in [3.05, 3.63) is 34.4 Å². The van der Waals surface area contributed by atoms with Crippen molar-refractivity contribution in [2.45, 2.75) is 0 Å². The first-order valence-corrected chi connectivity index (χ1v) is 3.79. The number of anilines is 1. The Bertz CT molecular complexity index is 301. The summed E-state index contributed by atoms with van der Waals surface area (Å²) in [4.78, 5) is 9.54. The van der Waals surface area contributed by atoms with E-state index in [0.29, 0.717) is 11.4 Å². The molecular weight excluding hydrogens is 172 g/mol. The molecule has 0 heterocycles. The Hall–Kier alpha value is -1.78. The summed E-state index contributed by atoms with van der Waals surface area (Å²) in [6.45, 7) is -0.171. The van der Waals surface area contributed by atoms with E-state index in [0.717, 1.165) is 0 Å². The first-order chi connectivity index (χ1) is 6.20. The molecule has 0 aliphatic rings. The molecule has 0 saturated carbocycles. The van der Waals surface area contributed by atoms with Gasteiger partial charge in [-0.15, -0.1) is 0 Å². The summed E-state index contributed by atoms with van der Waals surface area (Å²) in [6, 6.07) is 6.89. The molecule has 0 spiro atoms. The van der Waals surface area contributed by atoms with Crippen LogP contribution in [0.25, 0.3) is 0 Å². The molecule has 0 aliphatic carbocycles. The largest absolute Gasteiger partial charge is 0.485 e. The van der Waals surface area contributed by atoms with Gasteiger partial charge >= 0.3 is 0 Å². The van der Waals surface area contributed by atoms with Crippen LogP contribution in [0.15, 0.2) is 24.3 Å². The molecule has 5 nitrogen and oxygen atoms in total. The number of ether oxygens (including phenoxy) is 1. The number of hydrogen-bond acceptors (Lipinski definition) is 4. The number of benzene rings is 1. The number of hydrogen-bond donors (Lipinski definition) is 1. The van der Waals surface area contributed by atoms with Gasteiger partial charge in [-0.25, -0.2) is 0 Å². The van der Waals surface area contributed by atoms with Gasteiger partial charge in [0, 0.05) is 4.92 Å². The highest BCUT2D eigenvalue weighted by Gasteiger charge is 2.00. The van der Waals surface area contributed by atoms with Gasteiger partial charge in [0.1, 0.15) is 5.75 Å². The molecule has 1 aromatic carbocycles. The normalized spacial score (nSPS) is 9.54. The van der Waals surface area contributed by atoms with Gasteiger partial charge in [0.2, 0.25) is 6.54 Å². The van der Waals surface area contributed by atoms with Gasteiger partial charge < -0.3 is 10.5 Å². The highest BCUT2D eigenvalue weighted by molar-refractivity contribution is 5.51. The van der Waals surface area contributed by atoms with E-state index in [4.69, 9.17) is 10.5 Å². The molecule has 0 bridgehead atoms. The number of para-hydroxylation sites is 2. The summed E-state index contributed by atoms with van der Waals surface area (Å²) in [6.07, 6.45) is 0. The Morgan fingerprint density at radius 2 is 2.15 bits per heavy atom. The Kier molecular flexibility index (Phi) is 3.08. The van der Waals surface area contributed by atoms with Crippen LogP contribution >= 0.6 is 0 Å². The lowest BCUT2D eigenvalue weighted by molar-refractivity contribution is -0.481. The molecule has 0 unspecified atom stereocenters. The van der Waals surface area contributed by atoms with E-state index in [9.17, 15) is 10.1 Å². The average molecular weight is 182 g/mol. The Morgan fingerprint density at radius 1 is 1.46 bits per heavy atom. The molecule has 2 N–H and O–H groups in total. The zero-order valence-corrected chi connectivity index (χ0v) is 6.97. The van der Waals surface area contributed by atoms with E-state index >= 15 is 0 Å². The minimum absolute atomic E-state index is 0.0429. The van der Waals surface area contributed by atoms with Crippen LogP contribution in [0.4, 0.5) is 5.69 Å². The summed E-state index contributed by atoms with van der Waals surface area (Å²) < 4.78 is 5.08. The predicted octanol–water partition coefficient (Wildman–Crippen LogP) is 0.924. The molecule has 0 saturated heterocycles. The Morgan fingerprint density at radius 3 is 2.77 bits per heavy atom. The molecule has 0 atom stereocenters. The number of nitrogen functional groups attached to an aromatic ring is 1. The fourth-order valence-corrected chi connectivity index (χ4v) is 0.842. The first-order valence-electron chi connectivity index (χ1n) is 3.79. The second-order valence-corrected chi connectivity index (χ2v) is 2.44. The van der Waals surface area contributed by atoms with Crippen LogP contribution in [0.1, 0.15) is 0 Å². The topological polar surface area (TPSA) is 78.4 Å². The van der Waals surface area contributed by atoms with E-state index in [-0.39, 0.29) is 13.2 Å². The summed E-state index contributed by atoms with van der Waals surface area (Å²) in [5, 5.41) is 9.97. The minimum Gasteiger partial charge on any atom is -0.485 e. The second-order valence-electron chi connectivity index (χ2n) is 2.44. The van der Waals surface area contributed by atoms with Crippen LogP contribution in [0.3, 0.4) is 0 Å². The van der Waals surface area contributed by atoms with Gasteiger partial charge in [0.05, 0.1) is 5.69 Å². The van der Waals surface area contributed by atoms with Crippen molar-refractivity contribution in [2.75, 3.05) is 18.9 Å². The van der Waals surface area contributed by atoms with E-state index in [1.807, 2.05) is 0 Å². The van der Waals surface area contributed by atoms with E-state index in [1.54, 1.807) is 24.3 Å². The molecule has 0 aromatic heterocycles. The number of nitro groups is 1. The molecule has 5 heteroatoms. The van der Waals surface area contributed by atoms with Crippen LogP contribution in [0.2, 0.25) is 0 Å². The maximum Gasteiger partial charge on any atom is 0.237 e. The van der Waals surface area contributed by atoms with Crippen LogP contribution in [0.5, 0.6) is 5.75 Å². The maximum atomic E-state index is 9.97. The molecule has 1 rings (SSSR count). The maximum absolute atomic E-state index is 9.97. The zero-order chi connectivity index (χ0) is 9.68. The van der Waals surface area contributed by atoms with Gasteiger partial charge in [-0.2, -0.15) is 0 Å². The van der Waals surface area contributed by atoms with E-state index < -0.39 is 4.92 Å². The average Bonchev–Trinajstić information content (AvgIpc) is 2.08. The van der Waals surface area contributed by atoms with Crippen LogP contribution in [-0.4, -0.2) is 18.1 Å². The van der Waals surface area contributed by atoms with Crippen LogP contribution in [-0.2, 0) is 0 Å². The Labute approximate surface area is 75.3 Å². The lowest BCUT2D eigenvalue weighted by Crippen LogP contribution is -2.11. The third kappa shape index (κ3) is 2.98. The fraction of sp³-hybridized carbons (Fsp3) is 0.250. The van der Waals surface area contributed by atoms with Crippen LogP contribution in [0, 0.1) is 10.1 Å². The molecule has 0 aliphatic heterocycles. The number of nitrogens with zero attached hydrogens (tertiary/aromatic N) is 1. The molecule has 0 radical (unpaired) electrons. The van der Waals surface area contributed by atoms with Gasteiger partial charge in [-0.05, 0) is 12.1 Å². The van der Waals surface area contributed by atoms with E-state index in [2.05, 4.69) is 0 Å². The number of nitrogens with two attached hydrogens (primary N) is 1. The van der Waals surface area contributed by atoms with Gasteiger partial charge in [-0.1, -0.05) is 12.1 Å². The monoisotopic (exact) mass is 182 g/mol. The van der Waals surface area contributed by atoms with Crippen molar-refractivity contribution in [3.8, 4) is 5.75 Å². The Balaban J connectivity index is 2.45. The summed E-state index contributed by atoms with van der Waals surface area (Å²) >= 11 is 0. The minimum atomic E-state index is -0.431. The predicted molar refractivity (Wildman–Crippen MR) is 48.2 cm³/mol. The van der Waals surface area contributed by atoms with Crippen molar-refractivity contribution in [3.63, 3.8) is 0 Å². The van der Waals surface area contributed by atoms with Crippen molar-refractivity contribution in [1.82, 2.24) is 0 Å². The molecular formula is C8H10N2O3. The third-order valence-corrected chi connectivity index (χ3v) is 1.45.